The van der Waals surface area contributed by atoms with Crippen molar-refractivity contribution in [1.82, 2.24) is 9.97 Å². The van der Waals surface area contributed by atoms with E-state index in [9.17, 15) is 4.79 Å². The van der Waals surface area contributed by atoms with Gasteiger partial charge in [0.2, 0.25) is 0 Å². The minimum absolute atomic E-state index is 0.249. The highest BCUT2D eigenvalue weighted by atomic mass is 32.2. The topological polar surface area (TPSA) is 63.1 Å². The number of carbonyl (C=O) groups is 1. The van der Waals surface area contributed by atoms with Gasteiger partial charge in [-0.3, -0.25) is 0 Å². The number of carboxylic acid groups (broad SMARTS) is 1. The van der Waals surface area contributed by atoms with Gasteiger partial charge in [-0.1, -0.05) is 11.8 Å². The Balaban J connectivity index is 2.35. The number of aromatic nitrogens is 2. The highest BCUT2D eigenvalue weighted by molar-refractivity contribution is 7.99. The van der Waals surface area contributed by atoms with Gasteiger partial charge in [-0.2, -0.15) is 0 Å². The third kappa shape index (κ3) is 3.54. The summed E-state index contributed by atoms with van der Waals surface area (Å²) < 4.78 is 0. The highest BCUT2D eigenvalue weighted by Crippen LogP contribution is 2.26. The third-order valence-electron chi connectivity index (χ3n) is 2.46. The van der Waals surface area contributed by atoms with Crippen LogP contribution < -0.4 is 0 Å². The second kappa shape index (κ2) is 5.40. The number of nitrogens with zero attached hydrogens (tertiary/aromatic N) is 2. The number of aryl methyl sites for hydroxylation is 3. The van der Waals surface area contributed by atoms with Crippen molar-refractivity contribution >= 4 is 17.7 Å². The summed E-state index contributed by atoms with van der Waals surface area (Å²) in [6, 6.07) is 7.08. The lowest BCUT2D eigenvalue weighted by Crippen LogP contribution is -1.99. The molecule has 0 amide bonds. The minimum Gasteiger partial charge on any atom is -0.478 e. The fourth-order valence-corrected chi connectivity index (χ4v) is 2.80. The van der Waals surface area contributed by atoms with Crippen molar-refractivity contribution in [3.05, 3.63) is 46.8 Å². The van der Waals surface area contributed by atoms with Gasteiger partial charge in [0.25, 0.3) is 0 Å². The molecule has 0 aliphatic heterocycles. The van der Waals surface area contributed by atoms with Gasteiger partial charge in [-0.05, 0) is 50.6 Å². The predicted octanol–water partition coefficient (Wildman–Crippen LogP) is 3.25. The molecule has 0 spiro atoms. The van der Waals surface area contributed by atoms with Crippen molar-refractivity contribution in [3.63, 3.8) is 0 Å². The molecule has 0 fully saturated rings. The monoisotopic (exact) mass is 274 g/mol. The molecule has 2 heterocycles. The van der Waals surface area contributed by atoms with Crippen LogP contribution in [0.2, 0.25) is 0 Å². The largest absolute Gasteiger partial charge is 0.478 e. The van der Waals surface area contributed by atoms with E-state index in [2.05, 4.69) is 9.97 Å². The van der Waals surface area contributed by atoms with Crippen LogP contribution in [0.1, 0.15) is 27.3 Å². The smallest absolute Gasteiger partial charge is 0.335 e. The molecule has 0 bridgehead atoms. The molecule has 0 aromatic carbocycles. The molecule has 2 aromatic heterocycles. The lowest BCUT2D eigenvalue weighted by Gasteiger charge is -2.05. The number of pyridine rings is 2. The summed E-state index contributed by atoms with van der Waals surface area (Å²) in [5, 5.41) is 10.5. The van der Waals surface area contributed by atoms with Crippen molar-refractivity contribution in [2.75, 3.05) is 0 Å². The van der Waals surface area contributed by atoms with Crippen LogP contribution in [-0.2, 0) is 0 Å². The molecule has 2 aromatic rings. The van der Waals surface area contributed by atoms with Crippen molar-refractivity contribution in [2.24, 2.45) is 0 Å². The minimum atomic E-state index is -0.944. The first-order chi connectivity index (χ1) is 8.94. The molecule has 4 nitrogen and oxygen atoms in total. The van der Waals surface area contributed by atoms with Gasteiger partial charge in [0, 0.05) is 11.4 Å². The number of hydrogen-bond donors (Lipinski definition) is 1. The number of rotatable bonds is 3. The van der Waals surface area contributed by atoms with Gasteiger partial charge < -0.3 is 5.11 Å². The van der Waals surface area contributed by atoms with Gasteiger partial charge in [0.1, 0.15) is 10.1 Å². The first kappa shape index (κ1) is 13.5. The molecule has 5 heteroatoms. The SMILES string of the molecule is Cc1cc(C)nc(Sc2cc(C(=O)O)cc(C)n2)c1. The van der Waals surface area contributed by atoms with E-state index in [4.69, 9.17) is 5.11 Å². The molecule has 0 aliphatic rings. The van der Waals surface area contributed by atoms with Crippen LogP contribution in [0.4, 0.5) is 0 Å². The summed E-state index contributed by atoms with van der Waals surface area (Å²) in [7, 11) is 0. The summed E-state index contributed by atoms with van der Waals surface area (Å²) in [5.74, 6) is -0.944. The maximum atomic E-state index is 11.0. The molecule has 0 atom stereocenters. The first-order valence-electron chi connectivity index (χ1n) is 5.79. The van der Waals surface area contributed by atoms with Gasteiger partial charge >= 0.3 is 5.97 Å². The molecule has 98 valence electrons. The Hall–Kier alpha value is -1.88. The Kier molecular flexibility index (Phi) is 3.85. The van der Waals surface area contributed by atoms with Gasteiger partial charge in [-0.25, -0.2) is 14.8 Å². The zero-order chi connectivity index (χ0) is 14.0. The van der Waals surface area contributed by atoms with Gasteiger partial charge in [-0.15, -0.1) is 0 Å². The summed E-state index contributed by atoms with van der Waals surface area (Å²) in [5.41, 5.74) is 3.00. The van der Waals surface area contributed by atoms with E-state index in [1.54, 1.807) is 19.1 Å². The molecule has 0 aliphatic carbocycles. The van der Waals surface area contributed by atoms with E-state index in [0.29, 0.717) is 10.7 Å². The molecule has 0 saturated heterocycles. The van der Waals surface area contributed by atoms with Crippen molar-refractivity contribution in [2.45, 2.75) is 30.8 Å². The molecular formula is C14H14N2O2S. The number of hydrogen-bond acceptors (Lipinski definition) is 4. The molecular weight excluding hydrogens is 260 g/mol. The number of carboxylic acids is 1. The summed E-state index contributed by atoms with van der Waals surface area (Å²) in [4.78, 5) is 19.8. The van der Waals surface area contributed by atoms with Gasteiger partial charge in [0.15, 0.2) is 0 Å². The van der Waals surface area contributed by atoms with Crippen LogP contribution in [0.3, 0.4) is 0 Å². The van der Waals surface area contributed by atoms with E-state index in [1.807, 2.05) is 26.0 Å². The Bertz CT molecular complexity index is 621. The van der Waals surface area contributed by atoms with Crippen molar-refractivity contribution in [3.8, 4) is 0 Å². The average Bonchev–Trinajstić information content (AvgIpc) is 2.26. The highest BCUT2D eigenvalue weighted by Gasteiger charge is 2.09. The Morgan fingerprint density at radius 3 is 2.16 bits per heavy atom. The fraction of sp³-hybridized carbons (Fsp3) is 0.214. The van der Waals surface area contributed by atoms with Crippen molar-refractivity contribution < 1.29 is 9.90 Å². The maximum Gasteiger partial charge on any atom is 0.335 e. The lowest BCUT2D eigenvalue weighted by molar-refractivity contribution is 0.0696. The van der Waals surface area contributed by atoms with E-state index in [0.717, 1.165) is 16.3 Å². The molecule has 1 N–H and O–H groups in total. The predicted molar refractivity (Wildman–Crippen MR) is 73.8 cm³/mol. The Labute approximate surface area is 115 Å². The summed E-state index contributed by atoms with van der Waals surface area (Å²) in [6.45, 7) is 5.72. The molecule has 2 rings (SSSR count). The van der Waals surface area contributed by atoms with E-state index < -0.39 is 5.97 Å². The lowest BCUT2D eigenvalue weighted by atomic mass is 10.2. The average molecular weight is 274 g/mol. The van der Waals surface area contributed by atoms with E-state index in [-0.39, 0.29) is 5.56 Å². The normalized spacial score (nSPS) is 10.5. The van der Waals surface area contributed by atoms with Crippen LogP contribution >= 0.6 is 11.8 Å². The van der Waals surface area contributed by atoms with Crippen LogP contribution in [-0.4, -0.2) is 21.0 Å². The molecule has 0 unspecified atom stereocenters. The van der Waals surface area contributed by atoms with E-state index in [1.165, 1.54) is 11.8 Å². The van der Waals surface area contributed by atoms with E-state index >= 15 is 0 Å². The zero-order valence-corrected chi connectivity index (χ0v) is 11.8. The second-order valence-corrected chi connectivity index (χ2v) is 5.41. The molecule has 0 saturated carbocycles. The Morgan fingerprint density at radius 1 is 1.00 bits per heavy atom. The summed E-state index contributed by atoms with van der Waals surface area (Å²) >= 11 is 1.38. The van der Waals surface area contributed by atoms with Crippen LogP contribution in [0.25, 0.3) is 0 Å². The third-order valence-corrected chi connectivity index (χ3v) is 3.30. The standard InChI is InChI=1S/C14H14N2O2S/c1-8-4-9(2)15-12(5-8)19-13-7-11(14(17)18)6-10(3)16-13/h4-7H,1-3H3,(H,17,18). The van der Waals surface area contributed by atoms with Crippen molar-refractivity contribution in [1.29, 1.82) is 0 Å². The first-order valence-corrected chi connectivity index (χ1v) is 6.61. The molecule has 19 heavy (non-hydrogen) atoms. The van der Waals surface area contributed by atoms with Crippen LogP contribution in [0.15, 0.2) is 34.3 Å². The van der Waals surface area contributed by atoms with Crippen LogP contribution in [0, 0.1) is 20.8 Å². The summed E-state index contributed by atoms with van der Waals surface area (Å²) in [6.07, 6.45) is 0. The Morgan fingerprint density at radius 2 is 1.58 bits per heavy atom. The van der Waals surface area contributed by atoms with Crippen LogP contribution in [0.5, 0.6) is 0 Å². The molecule has 0 radical (unpaired) electrons. The fourth-order valence-electron chi connectivity index (χ4n) is 1.78. The maximum absolute atomic E-state index is 11.0. The zero-order valence-electron chi connectivity index (χ0n) is 11.0. The quantitative estimate of drug-likeness (QED) is 0.930. The second-order valence-electron chi connectivity index (χ2n) is 4.37. The van der Waals surface area contributed by atoms with Gasteiger partial charge in [0.05, 0.1) is 5.56 Å². The number of aromatic carboxylic acids is 1.